The van der Waals surface area contributed by atoms with Crippen LogP contribution in [0.25, 0.3) is 0 Å². The minimum absolute atomic E-state index is 0.0829. The molecular formula is C23H22N2O5S. The summed E-state index contributed by atoms with van der Waals surface area (Å²) in [4.78, 5) is 12.7. The molecule has 0 aromatic heterocycles. The second kappa shape index (κ2) is 9.82. The molecule has 0 bridgehead atoms. The van der Waals surface area contributed by atoms with Gasteiger partial charge < -0.3 is 14.8 Å². The van der Waals surface area contributed by atoms with Crippen molar-refractivity contribution in [3.05, 3.63) is 91.0 Å². The third-order valence-electron chi connectivity index (χ3n) is 4.21. The molecule has 2 N–H and O–H groups in total. The molecule has 0 atom stereocenters. The largest absolute Gasteiger partial charge is 0.497 e. The Labute approximate surface area is 181 Å². The second-order valence-electron chi connectivity index (χ2n) is 6.44. The highest BCUT2D eigenvalue weighted by Gasteiger charge is 2.15. The van der Waals surface area contributed by atoms with Crippen molar-refractivity contribution in [1.29, 1.82) is 0 Å². The van der Waals surface area contributed by atoms with E-state index in [0.717, 1.165) is 0 Å². The highest BCUT2D eigenvalue weighted by Crippen LogP contribution is 2.21. The summed E-state index contributed by atoms with van der Waals surface area (Å²) >= 11 is 0. The Balaban J connectivity index is 1.73. The van der Waals surface area contributed by atoms with Crippen molar-refractivity contribution in [3.63, 3.8) is 0 Å². The fourth-order valence-corrected chi connectivity index (χ4v) is 3.76. The zero-order valence-corrected chi connectivity index (χ0v) is 17.7. The number of anilines is 2. The first-order chi connectivity index (χ1) is 14.9. The average Bonchev–Trinajstić information content (AvgIpc) is 2.78. The summed E-state index contributed by atoms with van der Waals surface area (Å²) in [6.45, 7) is 3.95. The van der Waals surface area contributed by atoms with E-state index in [2.05, 4.69) is 16.6 Å². The molecule has 8 heteroatoms. The van der Waals surface area contributed by atoms with Gasteiger partial charge in [0.1, 0.15) is 18.1 Å². The third kappa shape index (κ3) is 5.86. The molecule has 160 valence electrons. The summed E-state index contributed by atoms with van der Waals surface area (Å²) in [7, 11) is -2.31. The number of hydrogen-bond donors (Lipinski definition) is 2. The number of ether oxygens (including phenoxy) is 2. The van der Waals surface area contributed by atoms with Crippen LogP contribution in [0.15, 0.2) is 90.3 Å². The molecule has 0 saturated carbocycles. The topological polar surface area (TPSA) is 93.7 Å². The van der Waals surface area contributed by atoms with Gasteiger partial charge in [-0.05, 0) is 54.6 Å². The Bertz CT molecular complexity index is 1170. The highest BCUT2D eigenvalue weighted by molar-refractivity contribution is 7.92. The second-order valence-corrected chi connectivity index (χ2v) is 8.13. The number of methoxy groups -OCH3 is 1. The summed E-state index contributed by atoms with van der Waals surface area (Å²) in [5.74, 6) is 0.765. The van der Waals surface area contributed by atoms with Crippen molar-refractivity contribution in [2.75, 3.05) is 23.8 Å². The van der Waals surface area contributed by atoms with Gasteiger partial charge >= 0.3 is 0 Å². The van der Waals surface area contributed by atoms with Gasteiger partial charge in [0, 0.05) is 23.0 Å². The van der Waals surface area contributed by atoms with E-state index in [4.69, 9.17) is 9.47 Å². The summed E-state index contributed by atoms with van der Waals surface area (Å²) in [6, 6.07) is 19.2. The van der Waals surface area contributed by atoms with Crippen LogP contribution in [0.5, 0.6) is 11.5 Å². The number of nitrogens with one attached hydrogen (secondary N) is 2. The summed E-state index contributed by atoms with van der Waals surface area (Å²) < 4.78 is 38.2. The standard InChI is InChI=1S/C23H22N2O5S/c1-3-14-30-21-9-5-7-18(16-21)24-23(26)17-6-4-8-19(15-17)25-31(27,28)22-12-10-20(29-2)11-13-22/h3-13,15-16,25H,1,14H2,2H3,(H,24,26). The van der Waals surface area contributed by atoms with Crippen molar-refractivity contribution in [3.8, 4) is 11.5 Å². The van der Waals surface area contributed by atoms with E-state index in [1.807, 2.05) is 0 Å². The van der Waals surface area contributed by atoms with E-state index >= 15 is 0 Å². The third-order valence-corrected chi connectivity index (χ3v) is 5.60. The Hall–Kier alpha value is -3.78. The van der Waals surface area contributed by atoms with Gasteiger partial charge in [-0.15, -0.1) is 0 Å². The van der Waals surface area contributed by atoms with E-state index in [1.165, 1.54) is 25.3 Å². The molecule has 0 radical (unpaired) electrons. The van der Waals surface area contributed by atoms with Gasteiger partial charge in [-0.25, -0.2) is 8.42 Å². The number of rotatable bonds is 9. The molecule has 0 spiro atoms. The lowest BCUT2D eigenvalue weighted by Crippen LogP contribution is -2.15. The SMILES string of the molecule is C=CCOc1cccc(NC(=O)c2cccc(NS(=O)(=O)c3ccc(OC)cc3)c2)c1. The lowest BCUT2D eigenvalue weighted by atomic mass is 10.2. The van der Waals surface area contributed by atoms with E-state index in [-0.39, 0.29) is 16.5 Å². The molecule has 0 heterocycles. The Morgan fingerprint density at radius 2 is 1.68 bits per heavy atom. The monoisotopic (exact) mass is 438 g/mol. The Kier molecular flexibility index (Phi) is 6.94. The first-order valence-corrected chi connectivity index (χ1v) is 10.8. The molecule has 3 aromatic rings. The van der Waals surface area contributed by atoms with Crippen LogP contribution in [0.3, 0.4) is 0 Å². The van der Waals surface area contributed by atoms with Crippen LogP contribution in [0.2, 0.25) is 0 Å². The zero-order chi connectivity index (χ0) is 22.3. The van der Waals surface area contributed by atoms with Crippen LogP contribution >= 0.6 is 0 Å². The molecule has 0 aliphatic heterocycles. The predicted octanol–water partition coefficient (Wildman–Crippen LogP) is 4.31. The van der Waals surface area contributed by atoms with Crippen LogP contribution < -0.4 is 19.5 Å². The van der Waals surface area contributed by atoms with Crippen LogP contribution in [0.4, 0.5) is 11.4 Å². The summed E-state index contributed by atoms with van der Waals surface area (Å²) in [5, 5.41) is 2.77. The maximum absolute atomic E-state index is 12.6. The van der Waals surface area contributed by atoms with Crippen molar-refractivity contribution in [2.45, 2.75) is 4.90 Å². The number of hydrogen-bond acceptors (Lipinski definition) is 5. The number of benzene rings is 3. The predicted molar refractivity (Wildman–Crippen MR) is 120 cm³/mol. The lowest BCUT2D eigenvalue weighted by molar-refractivity contribution is 0.102. The smallest absolute Gasteiger partial charge is 0.261 e. The lowest BCUT2D eigenvalue weighted by Gasteiger charge is -2.11. The van der Waals surface area contributed by atoms with Gasteiger partial charge in [0.2, 0.25) is 0 Å². The van der Waals surface area contributed by atoms with E-state index in [0.29, 0.717) is 29.4 Å². The fraction of sp³-hybridized carbons (Fsp3) is 0.0870. The Morgan fingerprint density at radius 3 is 2.39 bits per heavy atom. The first kappa shape index (κ1) is 21.9. The van der Waals surface area contributed by atoms with Crippen LogP contribution in [0, 0.1) is 0 Å². The molecule has 1 amide bonds. The number of amides is 1. The quantitative estimate of drug-likeness (QED) is 0.486. The number of carbonyl (C=O) groups is 1. The fourth-order valence-electron chi connectivity index (χ4n) is 2.71. The minimum atomic E-state index is -3.82. The molecule has 0 fully saturated rings. The van der Waals surface area contributed by atoms with Crippen LogP contribution in [0.1, 0.15) is 10.4 Å². The van der Waals surface area contributed by atoms with Crippen LogP contribution in [-0.4, -0.2) is 28.0 Å². The molecular weight excluding hydrogens is 416 g/mol. The van der Waals surface area contributed by atoms with E-state index in [1.54, 1.807) is 60.7 Å². The van der Waals surface area contributed by atoms with Gasteiger partial charge in [0.25, 0.3) is 15.9 Å². The van der Waals surface area contributed by atoms with Crippen LogP contribution in [-0.2, 0) is 10.0 Å². The summed E-state index contributed by atoms with van der Waals surface area (Å²) in [5.41, 5.74) is 1.12. The normalized spacial score (nSPS) is 10.7. The van der Waals surface area contributed by atoms with E-state index < -0.39 is 10.0 Å². The molecule has 31 heavy (non-hydrogen) atoms. The molecule has 0 saturated heterocycles. The number of carbonyl (C=O) groups excluding carboxylic acids is 1. The highest BCUT2D eigenvalue weighted by atomic mass is 32.2. The Morgan fingerprint density at radius 1 is 0.968 bits per heavy atom. The maximum Gasteiger partial charge on any atom is 0.261 e. The maximum atomic E-state index is 12.6. The van der Waals surface area contributed by atoms with Gasteiger partial charge in [-0.1, -0.05) is 24.8 Å². The summed E-state index contributed by atoms with van der Waals surface area (Å²) in [6.07, 6.45) is 1.63. The average molecular weight is 439 g/mol. The molecule has 7 nitrogen and oxygen atoms in total. The zero-order valence-electron chi connectivity index (χ0n) is 16.9. The molecule has 0 aliphatic carbocycles. The minimum Gasteiger partial charge on any atom is -0.497 e. The van der Waals surface area contributed by atoms with Gasteiger partial charge in [-0.3, -0.25) is 9.52 Å². The molecule has 3 aromatic carbocycles. The first-order valence-electron chi connectivity index (χ1n) is 9.33. The van der Waals surface area contributed by atoms with Gasteiger partial charge in [0.15, 0.2) is 0 Å². The molecule has 3 rings (SSSR count). The van der Waals surface area contributed by atoms with Crippen molar-refractivity contribution in [2.24, 2.45) is 0 Å². The molecule has 0 aliphatic rings. The van der Waals surface area contributed by atoms with Gasteiger partial charge in [0.05, 0.1) is 12.0 Å². The van der Waals surface area contributed by atoms with Gasteiger partial charge in [-0.2, -0.15) is 0 Å². The molecule has 0 unspecified atom stereocenters. The van der Waals surface area contributed by atoms with Crippen molar-refractivity contribution < 1.29 is 22.7 Å². The van der Waals surface area contributed by atoms with Crippen molar-refractivity contribution in [1.82, 2.24) is 0 Å². The van der Waals surface area contributed by atoms with Crippen molar-refractivity contribution >= 4 is 27.3 Å². The van der Waals surface area contributed by atoms with E-state index in [9.17, 15) is 13.2 Å². The number of sulfonamides is 1.